The summed E-state index contributed by atoms with van der Waals surface area (Å²) in [6.07, 6.45) is 11.1. The van der Waals surface area contributed by atoms with E-state index in [2.05, 4.69) is 96.6 Å². The highest BCUT2D eigenvalue weighted by atomic mass is 35.5. The Labute approximate surface area is 360 Å². The van der Waals surface area contributed by atoms with Crippen LogP contribution in [-0.2, 0) is 19.5 Å². The predicted octanol–water partition coefficient (Wildman–Crippen LogP) is 14.2. The molecule has 0 spiro atoms. The Morgan fingerprint density at radius 1 is 0.607 bits per heavy atom. The molecule has 0 fully saturated rings. The number of likely N-dealkylation sites (N-methyl/N-ethyl adjacent to an activating group) is 2. The molecule has 56 heavy (non-hydrogen) atoms. The Morgan fingerprint density at radius 2 is 1.14 bits per heavy atom. The van der Waals surface area contributed by atoms with E-state index in [9.17, 15) is 0 Å². The third-order valence-corrected chi connectivity index (χ3v) is 11.9. The van der Waals surface area contributed by atoms with Crippen molar-refractivity contribution in [1.29, 1.82) is 0 Å². The van der Waals surface area contributed by atoms with Gasteiger partial charge in [-0.05, 0) is 84.7 Å². The first-order valence-electron chi connectivity index (χ1n) is 17.8. The van der Waals surface area contributed by atoms with E-state index >= 15 is 0 Å². The van der Waals surface area contributed by atoms with E-state index < -0.39 is 0 Å². The molecule has 0 saturated carbocycles. The highest BCUT2D eigenvalue weighted by Crippen LogP contribution is 2.43. The van der Waals surface area contributed by atoms with Gasteiger partial charge in [-0.15, -0.1) is 22.7 Å². The lowest BCUT2D eigenvalue weighted by molar-refractivity contribution is 0.299. The molecular weight excluding hydrogens is 814 g/mol. The normalized spacial score (nSPS) is 14.2. The second-order valence-electron chi connectivity index (χ2n) is 12.7. The number of rotatable bonds is 5. The summed E-state index contributed by atoms with van der Waals surface area (Å²) in [5.74, 6) is 0.287. The van der Waals surface area contributed by atoms with Gasteiger partial charge in [-0.3, -0.25) is 0 Å². The molecule has 2 aliphatic heterocycles. The molecule has 10 heteroatoms. The van der Waals surface area contributed by atoms with Crippen molar-refractivity contribution in [3.63, 3.8) is 0 Å². The molecule has 1 atom stereocenters. The summed E-state index contributed by atoms with van der Waals surface area (Å²) in [6.45, 7) is 17.6. The maximum absolute atomic E-state index is 6.36. The summed E-state index contributed by atoms with van der Waals surface area (Å²) in [5, 5.41) is 1.09. The monoisotopic (exact) mass is 858 g/mol. The van der Waals surface area contributed by atoms with E-state index in [0.29, 0.717) is 10.3 Å². The zero-order valence-corrected chi connectivity index (χ0v) is 36.3. The smallest absolute Gasteiger partial charge is 0.136 e. The Kier molecular flexibility index (Phi) is 18.8. The summed E-state index contributed by atoms with van der Waals surface area (Å²) in [4.78, 5) is 15.7. The lowest BCUT2D eigenvalue weighted by Gasteiger charge is -2.31. The van der Waals surface area contributed by atoms with Crippen LogP contribution in [0.25, 0.3) is 22.3 Å². The van der Waals surface area contributed by atoms with Gasteiger partial charge in [0.15, 0.2) is 0 Å². The number of pyridine rings is 2. The topological polar surface area (TPSA) is 32.3 Å². The third-order valence-electron chi connectivity index (χ3n) is 8.70. The van der Waals surface area contributed by atoms with E-state index in [0.717, 1.165) is 57.0 Å². The maximum Gasteiger partial charge on any atom is 0.136 e. The van der Waals surface area contributed by atoms with Crippen LogP contribution in [0.15, 0.2) is 154 Å². The minimum absolute atomic E-state index is 0.287. The van der Waals surface area contributed by atoms with Gasteiger partial charge in [0.05, 0.1) is 8.67 Å². The van der Waals surface area contributed by atoms with Crippen molar-refractivity contribution in [2.24, 2.45) is 0 Å². The number of nitrogens with zero attached hydrogens (tertiary/aromatic N) is 4. The fourth-order valence-corrected chi connectivity index (χ4v) is 9.37. The van der Waals surface area contributed by atoms with Crippen molar-refractivity contribution in [3.05, 3.63) is 199 Å². The number of benzene rings is 2. The van der Waals surface area contributed by atoms with Crippen molar-refractivity contribution in [1.82, 2.24) is 19.8 Å². The van der Waals surface area contributed by atoms with E-state index in [1.54, 1.807) is 59.4 Å². The number of allylic oxidation sites excluding steroid dienone is 4. The maximum atomic E-state index is 6.36. The molecule has 4 aromatic heterocycles. The van der Waals surface area contributed by atoms with Crippen LogP contribution in [0.4, 0.5) is 0 Å². The van der Waals surface area contributed by atoms with Gasteiger partial charge < -0.3 is 9.80 Å². The molecule has 0 amide bonds. The van der Waals surface area contributed by atoms with Crippen LogP contribution in [-0.4, -0.2) is 47.0 Å². The number of fused-ring (bicyclic) bond motifs is 2. The fraction of sp³-hybridized carbons (Fsp3) is 0.174. The first kappa shape index (κ1) is 44.9. The molecular formula is C46H46Cl4N4S2. The average molecular weight is 861 g/mol. The Balaban J connectivity index is 0.000000183. The molecule has 0 saturated heterocycles. The first-order valence-corrected chi connectivity index (χ1v) is 21.0. The second-order valence-corrected chi connectivity index (χ2v) is 17.0. The number of hydrogen-bond acceptors (Lipinski definition) is 6. The molecule has 0 N–H and O–H groups in total. The van der Waals surface area contributed by atoms with Crippen molar-refractivity contribution >= 4 is 69.1 Å². The molecule has 6 heterocycles. The largest absolute Gasteiger partial charge is 0.301 e. The molecule has 0 radical (unpaired) electrons. The summed E-state index contributed by atoms with van der Waals surface area (Å²) < 4.78 is 1.79. The Morgan fingerprint density at radius 3 is 1.77 bits per heavy atom. The summed E-state index contributed by atoms with van der Waals surface area (Å²) in [6, 6.07) is 30.5. The minimum atomic E-state index is 0.287. The summed E-state index contributed by atoms with van der Waals surface area (Å²) in [7, 11) is 4.31. The highest BCUT2D eigenvalue weighted by Gasteiger charge is 2.29. The number of hydrogen-bond donors (Lipinski definition) is 0. The number of aromatic nitrogens is 2. The number of halogens is 4. The molecule has 290 valence electrons. The fourth-order valence-electron chi connectivity index (χ4n) is 6.08. The van der Waals surface area contributed by atoms with Gasteiger partial charge in [-0.1, -0.05) is 152 Å². The number of thiophene rings is 2. The van der Waals surface area contributed by atoms with E-state index in [4.69, 9.17) is 46.4 Å². The first-order chi connectivity index (χ1) is 27.1. The Hall–Kier alpha value is -3.82. The van der Waals surface area contributed by atoms with Crippen LogP contribution in [0.1, 0.15) is 32.4 Å². The van der Waals surface area contributed by atoms with Gasteiger partial charge in [0, 0.05) is 65.4 Å². The van der Waals surface area contributed by atoms with Gasteiger partial charge in [0.1, 0.15) is 10.3 Å². The van der Waals surface area contributed by atoms with Gasteiger partial charge in [0.2, 0.25) is 0 Å². The zero-order valence-electron chi connectivity index (χ0n) is 31.7. The standard InChI is InChI=1S/C19H16Cl2N2S.C11H8ClN.C8H10ClNS.2C4H6/c1-23-10-16(15-9-18(20)24-17(15)11-23)13-6-3-2-5-12(13)14-7-4-8-22-19(14)21;12-11-10(7-4-8-13-11)9-5-2-1-3-6-9;1-10-3-2-6-4-8(9)11-7(6)5-10;2*1-3-4-2/h2-9,16H,10-11H2,1H3;1-8H;4H,2-3,5H2,1H3;2*3-4H,1-2H2. The van der Waals surface area contributed by atoms with Crippen molar-refractivity contribution in [2.75, 3.05) is 27.2 Å². The average Bonchev–Trinajstić information content (AvgIpc) is 3.78. The molecule has 0 aliphatic carbocycles. The van der Waals surface area contributed by atoms with Gasteiger partial charge >= 0.3 is 0 Å². The molecule has 0 bridgehead atoms. The summed E-state index contributed by atoms with van der Waals surface area (Å²) >= 11 is 27.9. The second kappa shape index (κ2) is 23.4. The molecule has 4 nitrogen and oxygen atoms in total. The van der Waals surface area contributed by atoms with Gasteiger partial charge in [0.25, 0.3) is 0 Å². The summed E-state index contributed by atoms with van der Waals surface area (Å²) in [5.41, 5.74) is 8.27. The lowest BCUT2D eigenvalue weighted by Crippen LogP contribution is -2.30. The zero-order chi connectivity index (χ0) is 40.5. The molecule has 6 aromatic rings. The van der Waals surface area contributed by atoms with Crippen molar-refractivity contribution in [2.45, 2.75) is 25.4 Å². The lowest BCUT2D eigenvalue weighted by atomic mass is 9.84. The quantitative estimate of drug-likeness (QED) is 0.128. The van der Waals surface area contributed by atoms with Crippen molar-refractivity contribution in [3.8, 4) is 22.3 Å². The van der Waals surface area contributed by atoms with Crippen LogP contribution in [0, 0.1) is 0 Å². The van der Waals surface area contributed by atoms with Gasteiger partial charge in [-0.25, -0.2) is 9.97 Å². The van der Waals surface area contributed by atoms with E-state index in [-0.39, 0.29) is 5.92 Å². The van der Waals surface area contributed by atoms with Crippen LogP contribution < -0.4 is 0 Å². The minimum Gasteiger partial charge on any atom is -0.301 e. The highest BCUT2D eigenvalue weighted by molar-refractivity contribution is 7.16. The predicted molar refractivity (Wildman–Crippen MR) is 247 cm³/mol. The molecule has 1 unspecified atom stereocenters. The molecule has 2 aliphatic rings. The molecule has 8 rings (SSSR count). The van der Waals surface area contributed by atoms with Crippen LogP contribution in [0.3, 0.4) is 0 Å². The van der Waals surface area contributed by atoms with Crippen LogP contribution in [0.5, 0.6) is 0 Å². The Bertz CT molecular complexity index is 2160. The third kappa shape index (κ3) is 13.1. The van der Waals surface area contributed by atoms with E-state index in [1.165, 1.54) is 33.0 Å². The van der Waals surface area contributed by atoms with Crippen molar-refractivity contribution < 1.29 is 0 Å². The van der Waals surface area contributed by atoms with Gasteiger partial charge in [-0.2, -0.15) is 0 Å². The SMILES string of the molecule is C=CC=C.C=CC=C.CN1CCc2cc(Cl)sc2C1.CN1Cc2sc(Cl)cc2C(c2ccccc2-c2cccnc2Cl)C1.Clc1ncccc1-c1ccccc1. The van der Waals surface area contributed by atoms with E-state index in [1.807, 2.05) is 54.6 Å². The van der Waals surface area contributed by atoms with Crippen LogP contribution in [0.2, 0.25) is 19.0 Å². The van der Waals surface area contributed by atoms with Crippen LogP contribution >= 0.6 is 69.1 Å². The molecule has 2 aromatic carbocycles.